The Labute approximate surface area is 284 Å². The van der Waals surface area contributed by atoms with E-state index >= 15 is 0 Å². The average Bonchev–Trinajstić information content (AvgIpc) is 3.09. The van der Waals surface area contributed by atoms with Crippen LogP contribution < -0.4 is 26.1 Å². The van der Waals surface area contributed by atoms with Crippen LogP contribution in [0.1, 0.15) is 58.3 Å². The molecule has 0 saturated heterocycles. The van der Waals surface area contributed by atoms with Crippen LogP contribution in [0, 0.1) is 0 Å². The van der Waals surface area contributed by atoms with E-state index < -0.39 is 6.09 Å². The van der Waals surface area contributed by atoms with Crippen LogP contribution >= 0.6 is 0 Å². The molecule has 0 radical (unpaired) electrons. The number of benzene rings is 2. The minimum Gasteiger partial charge on any atom is -0.456 e. The van der Waals surface area contributed by atoms with Crippen LogP contribution in [-0.2, 0) is 4.79 Å². The van der Waals surface area contributed by atoms with Gasteiger partial charge in [-0.1, -0.05) is 98.0 Å². The third-order valence-electron chi connectivity index (χ3n) is 7.09. The highest BCUT2D eigenvalue weighted by Crippen LogP contribution is 2.24. The summed E-state index contributed by atoms with van der Waals surface area (Å²) < 4.78 is 11.2. The minimum absolute atomic E-state index is 0.0339. The molecule has 2 aromatic carbocycles. The summed E-state index contributed by atoms with van der Waals surface area (Å²) in [4.78, 5) is 36.9. The molecule has 48 heavy (non-hydrogen) atoms. The van der Waals surface area contributed by atoms with Crippen molar-refractivity contribution in [1.82, 2.24) is 16.0 Å². The Morgan fingerprint density at radius 2 is 1.35 bits per heavy atom. The Hall–Kier alpha value is -4.95. The molecule has 0 unspecified atom stereocenters. The third kappa shape index (κ3) is 15.6. The number of carbonyl (C=O) groups is 2. The van der Waals surface area contributed by atoms with Gasteiger partial charge in [-0.3, -0.25) is 9.59 Å². The zero-order chi connectivity index (χ0) is 34.1. The number of amides is 2. The molecule has 0 bridgehead atoms. The van der Waals surface area contributed by atoms with E-state index in [9.17, 15) is 14.4 Å². The molecule has 8 nitrogen and oxygen atoms in total. The van der Waals surface area contributed by atoms with Crippen LogP contribution in [0.25, 0.3) is 22.3 Å². The van der Waals surface area contributed by atoms with Gasteiger partial charge in [-0.15, -0.1) is 0 Å². The molecule has 0 atom stereocenters. The van der Waals surface area contributed by atoms with Crippen molar-refractivity contribution >= 4 is 23.0 Å². The fourth-order valence-electron chi connectivity index (χ4n) is 4.59. The molecule has 3 rings (SSSR count). The van der Waals surface area contributed by atoms with Gasteiger partial charge in [0.2, 0.25) is 5.91 Å². The van der Waals surface area contributed by atoms with Crippen molar-refractivity contribution in [2.75, 3.05) is 26.2 Å². The minimum atomic E-state index is -0.623. The molecular weight excluding hydrogens is 602 g/mol. The van der Waals surface area contributed by atoms with Gasteiger partial charge in [-0.2, -0.15) is 0 Å². The summed E-state index contributed by atoms with van der Waals surface area (Å²) in [5.74, 6) is 0.757. The number of allylic oxidation sites excluding steroid dienone is 10. The van der Waals surface area contributed by atoms with Crippen LogP contribution in [0.4, 0.5) is 4.79 Å². The molecule has 2 amide bonds. The molecule has 1 aromatic heterocycles. The molecule has 3 N–H and O–H groups in total. The smallest absolute Gasteiger partial charge is 0.412 e. The van der Waals surface area contributed by atoms with Gasteiger partial charge in [0.15, 0.2) is 5.43 Å². The van der Waals surface area contributed by atoms with Crippen LogP contribution in [0.15, 0.2) is 125 Å². The number of rotatable bonds is 21. The number of carbonyl (C=O) groups excluding carboxylic acids is 2. The summed E-state index contributed by atoms with van der Waals surface area (Å²) in [5.41, 5.74) is 0.999. The van der Waals surface area contributed by atoms with Crippen LogP contribution in [0.2, 0.25) is 0 Å². The van der Waals surface area contributed by atoms with Crippen molar-refractivity contribution in [3.05, 3.63) is 126 Å². The van der Waals surface area contributed by atoms with Gasteiger partial charge in [0.25, 0.3) is 0 Å². The second-order valence-corrected chi connectivity index (χ2v) is 11.0. The summed E-state index contributed by atoms with van der Waals surface area (Å²) >= 11 is 0. The predicted molar refractivity (Wildman–Crippen MR) is 196 cm³/mol. The van der Waals surface area contributed by atoms with Crippen molar-refractivity contribution in [1.29, 1.82) is 0 Å². The number of hydrogen-bond donors (Lipinski definition) is 3. The SMILES string of the molecule is CCC=CCC=CCC=CCC=CCC=CCCCC(=O)NCCNCCNC(=O)Oc1ccc2oc(-c3ccccc3)cc(=O)c2c1. The molecule has 8 heteroatoms. The van der Waals surface area contributed by atoms with Crippen molar-refractivity contribution < 1.29 is 18.7 Å². The van der Waals surface area contributed by atoms with Crippen LogP contribution in [0.3, 0.4) is 0 Å². The highest BCUT2D eigenvalue weighted by molar-refractivity contribution is 5.81. The Balaban J connectivity index is 1.17. The first kappa shape index (κ1) is 37.5. The lowest BCUT2D eigenvalue weighted by Crippen LogP contribution is -2.37. The lowest BCUT2D eigenvalue weighted by Gasteiger charge is -2.09. The number of ether oxygens (including phenoxy) is 1. The molecule has 3 aromatic rings. The van der Waals surface area contributed by atoms with Gasteiger partial charge < -0.3 is 25.1 Å². The molecule has 1 heterocycles. The van der Waals surface area contributed by atoms with Crippen molar-refractivity contribution in [2.45, 2.75) is 58.3 Å². The Morgan fingerprint density at radius 3 is 2.02 bits per heavy atom. The fourth-order valence-corrected chi connectivity index (χ4v) is 4.59. The predicted octanol–water partition coefficient (Wildman–Crippen LogP) is 8.18. The van der Waals surface area contributed by atoms with Gasteiger partial charge in [-0.05, 0) is 63.1 Å². The Morgan fingerprint density at radius 1 is 0.729 bits per heavy atom. The monoisotopic (exact) mass is 651 g/mol. The molecule has 0 aliphatic carbocycles. The molecule has 0 saturated carbocycles. The maximum Gasteiger partial charge on any atom is 0.412 e. The molecule has 0 aliphatic heterocycles. The third-order valence-corrected chi connectivity index (χ3v) is 7.09. The fraction of sp³-hybridized carbons (Fsp3) is 0.325. The van der Waals surface area contributed by atoms with Crippen molar-refractivity contribution in [3.63, 3.8) is 0 Å². The normalized spacial score (nSPS) is 11.9. The zero-order valence-corrected chi connectivity index (χ0v) is 28.0. The molecule has 0 aliphatic rings. The molecular formula is C40H49N3O5. The molecule has 254 valence electrons. The zero-order valence-electron chi connectivity index (χ0n) is 28.0. The Bertz CT molecular complexity index is 1600. The van der Waals surface area contributed by atoms with E-state index in [1.54, 1.807) is 12.1 Å². The van der Waals surface area contributed by atoms with E-state index in [1.807, 2.05) is 30.3 Å². The lowest BCUT2D eigenvalue weighted by molar-refractivity contribution is -0.121. The summed E-state index contributed by atoms with van der Waals surface area (Å²) in [7, 11) is 0. The van der Waals surface area contributed by atoms with Gasteiger partial charge in [0.05, 0.1) is 5.39 Å². The van der Waals surface area contributed by atoms with E-state index in [1.165, 1.54) is 12.1 Å². The summed E-state index contributed by atoms with van der Waals surface area (Å²) in [6.45, 7) is 4.10. The summed E-state index contributed by atoms with van der Waals surface area (Å²) in [6, 6.07) is 15.5. The largest absolute Gasteiger partial charge is 0.456 e. The quantitative estimate of drug-likeness (QED) is 0.0792. The number of fused-ring (bicyclic) bond motifs is 1. The van der Waals surface area contributed by atoms with E-state index in [-0.39, 0.29) is 17.1 Å². The standard InChI is InChI=1S/C40H49N3O5/c1-2-3-4-5-6-7-8-9-10-11-12-13-14-15-16-17-21-24-39(45)42-29-27-41-28-30-43-40(46)47-34-25-26-37-35(31-34)36(44)32-38(48-37)33-22-19-18-20-23-33/h3-4,6-7,9-10,12-13,15-16,18-20,22-23,25-26,31-32,41H,2,5,8,11,14,17,21,24,27-30H2,1H3,(H,42,45)(H,43,46). The first-order valence-corrected chi connectivity index (χ1v) is 16.9. The summed E-state index contributed by atoms with van der Waals surface area (Å²) in [5, 5.41) is 9.08. The van der Waals surface area contributed by atoms with E-state index in [4.69, 9.17) is 9.15 Å². The topological polar surface area (TPSA) is 110 Å². The number of unbranched alkanes of at least 4 members (excludes halogenated alkanes) is 1. The summed E-state index contributed by atoms with van der Waals surface area (Å²) in [6.07, 6.45) is 28.2. The highest BCUT2D eigenvalue weighted by atomic mass is 16.6. The van der Waals surface area contributed by atoms with E-state index in [0.29, 0.717) is 49.3 Å². The van der Waals surface area contributed by atoms with E-state index in [0.717, 1.165) is 50.5 Å². The van der Waals surface area contributed by atoms with Crippen LogP contribution in [-0.4, -0.2) is 38.2 Å². The molecule has 0 fully saturated rings. The lowest BCUT2D eigenvalue weighted by atomic mass is 10.1. The highest BCUT2D eigenvalue weighted by Gasteiger charge is 2.10. The number of nitrogens with one attached hydrogen (secondary N) is 3. The van der Waals surface area contributed by atoms with Gasteiger partial charge >= 0.3 is 6.09 Å². The van der Waals surface area contributed by atoms with Crippen LogP contribution in [0.5, 0.6) is 5.75 Å². The average molecular weight is 652 g/mol. The van der Waals surface area contributed by atoms with Gasteiger partial charge in [0, 0.05) is 44.2 Å². The second-order valence-electron chi connectivity index (χ2n) is 11.0. The van der Waals surface area contributed by atoms with Gasteiger partial charge in [-0.25, -0.2) is 4.79 Å². The molecule has 0 spiro atoms. The second kappa shape index (κ2) is 23.4. The number of hydrogen-bond acceptors (Lipinski definition) is 6. The maximum absolute atomic E-state index is 12.7. The first-order chi connectivity index (χ1) is 23.6. The van der Waals surface area contributed by atoms with E-state index in [2.05, 4.69) is 83.6 Å². The van der Waals surface area contributed by atoms with Gasteiger partial charge in [0.1, 0.15) is 17.1 Å². The first-order valence-electron chi connectivity index (χ1n) is 16.9. The Kier molecular flexibility index (Phi) is 18.3. The van der Waals surface area contributed by atoms with Crippen molar-refractivity contribution in [2.24, 2.45) is 0 Å². The van der Waals surface area contributed by atoms with Crippen molar-refractivity contribution in [3.8, 4) is 17.1 Å². The maximum atomic E-state index is 12.7.